The van der Waals surface area contributed by atoms with Crippen LogP contribution in [0.25, 0.3) is 0 Å². The first-order valence-corrected chi connectivity index (χ1v) is 7.82. The van der Waals surface area contributed by atoms with E-state index >= 15 is 0 Å². The molecule has 0 radical (unpaired) electrons. The first-order chi connectivity index (χ1) is 9.75. The number of hydrogen-bond acceptors (Lipinski definition) is 2. The fourth-order valence-electron chi connectivity index (χ4n) is 3.74. The molecule has 2 aliphatic rings. The van der Waals surface area contributed by atoms with Crippen molar-refractivity contribution >= 4 is 5.91 Å². The van der Waals surface area contributed by atoms with Crippen molar-refractivity contribution in [3.05, 3.63) is 35.9 Å². The highest BCUT2D eigenvalue weighted by Crippen LogP contribution is 2.31. The summed E-state index contributed by atoms with van der Waals surface area (Å²) >= 11 is 0. The molecular formula is C17H24N2O. The Morgan fingerprint density at radius 3 is 2.45 bits per heavy atom. The highest BCUT2D eigenvalue weighted by molar-refractivity contribution is 5.74. The fraction of sp³-hybridized carbons (Fsp3) is 0.588. The Morgan fingerprint density at radius 2 is 1.80 bits per heavy atom. The van der Waals surface area contributed by atoms with E-state index in [-0.39, 0.29) is 11.9 Å². The molecular weight excluding hydrogens is 248 g/mol. The number of benzene rings is 1. The molecule has 0 bridgehead atoms. The minimum Gasteiger partial charge on any atom is -0.333 e. The van der Waals surface area contributed by atoms with E-state index < -0.39 is 0 Å². The molecule has 2 fully saturated rings. The summed E-state index contributed by atoms with van der Waals surface area (Å²) < 4.78 is 0. The highest BCUT2D eigenvalue weighted by atomic mass is 16.2. The van der Waals surface area contributed by atoms with Gasteiger partial charge in [0.2, 0.25) is 5.91 Å². The summed E-state index contributed by atoms with van der Waals surface area (Å²) in [7, 11) is 0. The van der Waals surface area contributed by atoms with Crippen LogP contribution in [0.5, 0.6) is 0 Å². The summed E-state index contributed by atoms with van der Waals surface area (Å²) in [5.41, 5.74) is 1.27. The van der Waals surface area contributed by atoms with Crippen molar-refractivity contribution in [3.63, 3.8) is 0 Å². The molecule has 1 amide bonds. The minimum absolute atomic E-state index is 0.199. The lowest BCUT2D eigenvalue weighted by atomic mass is 10.0. The van der Waals surface area contributed by atoms with Gasteiger partial charge in [-0.05, 0) is 18.4 Å². The Morgan fingerprint density at radius 1 is 1.10 bits per heavy atom. The largest absolute Gasteiger partial charge is 0.333 e. The molecule has 1 heterocycles. The van der Waals surface area contributed by atoms with Gasteiger partial charge in [-0.15, -0.1) is 0 Å². The van der Waals surface area contributed by atoms with Gasteiger partial charge < -0.3 is 4.90 Å². The van der Waals surface area contributed by atoms with Crippen LogP contribution in [-0.2, 0) is 4.79 Å². The van der Waals surface area contributed by atoms with Crippen LogP contribution in [0.1, 0.15) is 44.2 Å². The number of nitrogens with zero attached hydrogens (tertiary/aromatic N) is 2. The van der Waals surface area contributed by atoms with Gasteiger partial charge in [-0.1, -0.05) is 43.2 Å². The molecule has 1 aliphatic heterocycles. The molecule has 1 saturated heterocycles. The van der Waals surface area contributed by atoms with Crippen molar-refractivity contribution in [2.45, 2.75) is 44.7 Å². The maximum Gasteiger partial charge on any atom is 0.220 e. The van der Waals surface area contributed by atoms with Crippen LogP contribution in [0.4, 0.5) is 0 Å². The topological polar surface area (TPSA) is 23.6 Å². The van der Waals surface area contributed by atoms with Crippen LogP contribution >= 0.6 is 0 Å². The second-order valence-corrected chi connectivity index (χ2v) is 6.07. The van der Waals surface area contributed by atoms with E-state index in [1.807, 2.05) is 11.0 Å². The van der Waals surface area contributed by atoms with Gasteiger partial charge in [-0.3, -0.25) is 9.69 Å². The van der Waals surface area contributed by atoms with Crippen LogP contribution in [0.15, 0.2) is 30.3 Å². The molecule has 1 aliphatic carbocycles. The van der Waals surface area contributed by atoms with Crippen molar-refractivity contribution in [1.29, 1.82) is 0 Å². The van der Waals surface area contributed by atoms with Crippen LogP contribution < -0.4 is 0 Å². The molecule has 1 atom stereocenters. The van der Waals surface area contributed by atoms with Crippen molar-refractivity contribution in [3.8, 4) is 0 Å². The summed E-state index contributed by atoms with van der Waals surface area (Å²) in [6.07, 6.45) is 5.41. The van der Waals surface area contributed by atoms with Gasteiger partial charge in [-0.2, -0.15) is 0 Å². The third kappa shape index (κ3) is 2.73. The first-order valence-electron chi connectivity index (χ1n) is 7.82. The third-order valence-corrected chi connectivity index (χ3v) is 4.84. The Kier molecular flexibility index (Phi) is 4.06. The standard InChI is InChI=1S/C17H24N2O/c1-14(20)19-12-11-18(16-9-5-6-10-16)13-17(19)15-7-3-2-4-8-15/h2-4,7-8,16-17H,5-6,9-13H2,1H3. The number of rotatable bonds is 2. The molecule has 0 spiro atoms. The third-order valence-electron chi connectivity index (χ3n) is 4.84. The second-order valence-electron chi connectivity index (χ2n) is 6.07. The highest BCUT2D eigenvalue weighted by Gasteiger charge is 2.33. The zero-order chi connectivity index (χ0) is 13.9. The lowest BCUT2D eigenvalue weighted by Crippen LogP contribution is -2.52. The fourth-order valence-corrected chi connectivity index (χ4v) is 3.74. The van der Waals surface area contributed by atoms with Gasteiger partial charge in [0.15, 0.2) is 0 Å². The summed E-state index contributed by atoms with van der Waals surface area (Å²) in [5.74, 6) is 0.199. The normalized spacial score (nSPS) is 25.1. The lowest BCUT2D eigenvalue weighted by Gasteiger charge is -2.43. The Balaban J connectivity index is 1.79. The van der Waals surface area contributed by atoms with E-state index in [2.05, 4.69) is 29.2 Å². The Bertz CT molecular complexity index is 453. The average molecular weight is 272 g/mol. The van der Waals surface area contributed by atoms with Crippen molar-refractivity contribution in [2.24, 2.45) is 0 Å². The average Bonchev–Trinajstić information content (AvgIpc) is 3.02. The maximum atomic E-state index is 11.9. The molecule has 3 nitrogen and oxygen atoms in total. The van der Waals surface area contributed by atoms with Crippen LogP contribution in [0.2, 0.25) is 0 Å². The summed E-state index contributed by atoms with van der Waals surface area (Å²) in [6.45, 7) is 4.59. The van der Waals surface area contributed by atoms with Crippen LogP contribution in [-0.4, -0.2) is 41.4 Å². The Hall–Kier alpha value is -1.35. The molecule has 1 aromatic rings. The van der Waals surface area contributed by atoms with Gasteiger partial charge in [0.1, 0.15) is 0 Å². The lowest BCUT2D eigenvalue weighted by molar-refractivity contribution is -0.134. The van der Waals surface area contributed by atoms with Crippen molar-refractivity contribution in [1.82, 2.24) is 9.80 Å². The first kappa shape index (κ1) is 13.6. The number of piperazine rings is 1. The van der Waals surface area contributed by atoms with E-state index in [9.17, 15) is 4.79 Å². The molecule has 1 aromatic carbocycles. The van der Waals surface area contributed by atoms with Gasteiger partial charge in [0.25, 0.3) is 0 Å². The van der Waals surface area contributed by atoms with E-state index in [1.54, 1.807) is 6.92 Å². The number of carbonyl (C=O) groups excluding carboxylic acids is 1. The quantitative estimate of drug-likeness (QED) is 0.826. The molecule has 0 aromatic heterocycles. The van der Waals surface area contributed by atoms with E-state index in [1.165, 1.54) is 31.2 Å². The number of amides is 1. The molecule has 3 rings (SSSR count). The molecule has 1 unspecified atom stereocenters. The zero-order valence-electron chi connectivity index (χ0n) is 12.3. The van der Waals surface area contributed by atoms with Crippen LogP contribution in [0.3, 0.4) is 0 Å². The van der Waals surface area contributed by atoms with Crippen LogP contribution in [0, 0.1) is 0 Å². The van der Waals surface area contributed by atoms with E-state index in [0.717, 1.165) is 25.7 Å². The summed E-state index contributed by atoms with van der Waals surface area (Å²) in [5, 5.41) is 0. The number of hydrogen-bond donors (Lipinski definition) is 0. The summed E-state index contributed by atoms with van der Waals surface area (Å²) in [4.78, 5) is 16.6. The van der Waals surface area contributed by atoms with Gasteiger partial charge in [0, 0.05) is 32.6 Å². The Labute approximate surface area is 121 Å². The smallest absolute Gasteiger partial charge is 0.220 e. The maximum absolute atomic E-state index is 11.9. The zero-order valence-corrected chi connectivity index (χ0v) is 12.3. The van der Waals surface area contributed by atoms with Gasteiger partial charge in [0.05, 0.1) is 6.04 Å². The predicted molar refractivity (Wildman–Crippen MR) is 80.4 cm³/mol. The predicted octanol–water partition coefficient (Wildman–Crippen LogP) is 2.83. The monoisotopic (exact) mass is 272 g/mol. The summed E-state index contributed by atoms with van der Waals surface area (Å²) in [6, 6.07) is 11.5. The molecule has 0 N–H and O–H groups in total. The van der Waals surface area contributed by atoms with Gasteiger partial charge >= 0.3 is 0 Å². The molecule has 3 heteroatoms. The molecule has 1 saturated carbocycles. The van der Waals surface area contributed by atoms with Crippen molar-refractivity contribution in [2.75, 3.05) is 19.6 Å². The molecule has 108 valence electrons. The SMILES string of the molecule is CC(=O)N1CCN(C2CCCC2)CC1c1ccccc1. The van der Waals surface area contributed by atoms with Crippen molar-refractivity contribution < 1.29 is 4.79 Å². The molecule has 20 heavy (non-hydrogen) atoms. The number of carbonyl (C=O) groups is 1. The second kappa shape index (κ2) is 5.96. The van der Waals surface area contributed by atoms with E-state index in [0.29, 0.717) is 0 Å². The minimum atomic E-state index is 0.199. The van der Waals surface area contributed by atoms with E-state index in [4.69, 9.17) is 0 Å². The van der Waals surface area contributed by atoms with Gasteiger partial charge in [-0.25, -0.2) is 0 Å².